The van der Waals surface area contributed by atoms with Crippen molar-refractivity contribution in [1.29, 1.82) is 0 Å². The summed E-state index contributed by atoms with van der Waals surface area (Å²) in [5.74, 6) is 0.226. The van der Waals surface area contributed by atoms with Crippen LogP contribution in [0, 0.1) is 11.8 Å². The number of fused-ring (bicyclic) bond motifs is 1. The quantitative estimate of drug-likeness (QED) is 0.386. The average molecular weight is 311 g/mol. The minimum Gasteiger partial charge on any atom is -0.396 e. The van der Waals surface area contributed by atoms with E-state index in [1.54, 1.807) is 0 Å². The Hall–Kier alpha value is -1.84. The summed E-state index contributed by atoms with van der Waals surface area (Å²) in [6.07, 6.45) is 0.241. The van der Waals surface area contributed by atoms with Crippen molar-refractivity contribution in [2.45, 2.75) is 25.0 Å². The number of rotatable bonds is 3. The molecule has 9 nitrogen and oxygen atoms in total. The Kier molecular flexibility index (Phi) is 3.94. The molecule has 7 N–H and O–H groups in total. The van der Waals surface area contributed by atoms with Gasteiger partial charge in [0, 0.05) is 13.2 Å². The predicted molar refractivity (Wildman–Crippen MR) is 80.4 cm³/mol. The summed E-state index contributed by atoms with van der Waals surface area (Å²) in [4.78, 5) is 20.3. The van der Waals surface area contributed by atoms with E-state index in [0.717, 1.165) is 0 Å². The van der Waals surface area contributed by atoms with Gasteiger partial charge < -0.3 is 31.3 Å². The number of H-pyrrole nitrogens is 1. The summed E-state index contributed by atoms with van der Waals surface area (Å²) in [6, 6.07) is -0.289. The molecule has 2 aliphatic rings. The average Bonchev–Trinajstić information content (AvgIpc) is 2.90. The molecule has 0 radical (unpaired) electrons. The molecule has 4 atom stereocenters. The summed E-state index contributed by atoms with van der Waals surface area (Å²) in [6.45, 7) is 0.237. The topological polar surface area (TPSA) is 148 Å². The van der Waals surface area contributed by atoms with E-state index in [1.807, 2.05) is 4.90 Å². The van der Waals surface area contributed by atoms with Crippen LogP contribution in [0.3, 0.4) is 0 Å². The third-order valence-electron chi connectivity index (χ3n) is 4.69. The SMILES string of the molecule is Nc1nc2c(c(=O)[nH]1)NCN2C1CC(CO)C(CO)CC1O. The second-order valence-electron chi connectivity index (χ2n) is 5.95. The van der Waals surface area contributed by atoms with E-state index in [9.17, 15) is 20.1 Å². The van der Waals surface area contributed by atoms with E-state index in [1.165, 1.54) is 0 Å². The van der Waals surface area contributed by atoms with E-state index in [-0.39, 0.29) is 42.6 Å². The van der Waals surface area contributed by atoms with Gasteiger partial charge in [-0.1, -0.05) is 0 Å². The fraction of sp³-hybridized carbons (Fsp3) is 0.692. The molecule has 1 aliphatic carbocycles. The van der Waals surface area contributed by atoms with Gasteiger partial charge in [-0.2, -0.15) is 4.98 Å². The Morgan fingerprint density at radius 3 is 2.64 bits per heavy atom. The second-order valence-corrected chi connectivity index (χ2v) is 5.95. The summed E-state index contributed by atoms with van der Waals surface area (Å²) in [5, 5.41) is 32.2. The molecule has 22 heavy (non-hydrogen) atoms. The standard InChI is InChI=1S/C13H21N5O4/c14-13-16-11-10(12(22)17-13)15-5-18(11)8-1-6(3-19)7(4-20)2-9(8)21/h6-9,15,19-21H,1-5H2,(H3,14,16,17,22). The number of nitrogens with two attached hydrogens (primary N) is 1. The highest BCUT2D eigenvalue weighted by atomic mass is 16.3. The first-order valence-electron chi connectivity index (χ1n) is 7.35. The second kappa shape index (κ2) is 5.75. The highest BCUT2D eigenvalue weighted by Crippen LogP contribution is 2.37. The molecule has 0 bridgehead atoms. The largest absolute Gasteiger partial charge is 0.396 e. The Morgan fingerprint density at radius 1 is 1.27 bits per heavy atom. The lowest BCUT2D eigenvalue weighted by Gasteiger charge is -2.42. The van der Waals surface area contributed by atoms with Crippen LogP contribution >= 0.6 is 0 Å². The van der Waals surface area contributed by atoms with Gasteiger partial charge in [0.15, 0.2) is 5.82 Å². The van der Waals surface area contributed by atoms with Gasteiger partial charge in [0.05, 0.1) is 18.8 Å². The fourth-order valence-corrected chi connectivity index (χ4v) is 3.46. The zero-order chi connectivity index (χ0) is 15.9. The van der Waals surface area contributed by atoms with Crippen molar-refractivity contribution in [1.82, 2.24) is 9.97 Å². The smallest absolute Gasteiger partial charge is 0.277 e. The number of nitrogens with one attached hydrogen (secondary N) is 2. The summed E-state index contributed by atoms with van der Waals surface area (Å²) in [5.41, 5.74) is 5.59. The molecule has 3 rings (SSSR count). The van der Waals surface area contributed by atoms with Gasteiger partial charge in [-0.3, -0.25) is 9.78 Å². The molecule has 0 aromatic carbocycles. The number of anilines is 3. The third-order valence-corrected chi connectivity index (χ3v) is 4.69. The molecular formula is C13H21N5O4. The predicted octanol–water partition coefficient (Wildman–Crippen LogP) is -1.72. The molecule has 0 saturated heterocycles. The first-order valence-corrected chi connectivity index (χ1v) is 7.35. The van der Waals surface area contributed by atoms with Crippen molar-refractivity contribution in [3.8, 4) is 0 Å². The lowest BCUT2D eigenvalue weighted by molar-refractivity contribution is 0.00448. The Balaban J connectivity index is 1.89. The van der Waals surface area contributed by atoms with Crippen LogP contribution in [0.25, 0.3) is 0 Å². The van der Waals surface area contributed by atoms with Gasteiger partial charge in [0.2, 0.25) is 5.95 Å². The summed E-state index contributed by atoms with van der Waals surface area (Å²) in [7, 11) is 0. The number of aliphatic hydroxyl groups excluding tert-OH is 3. The van der Waals surface area contributed by atoms with Crippen molar-refractivity contribution < 1.29 is 15.3 Å². The number of nitrogens with zero attached hydrogens (tertiary/aromatic N) is 2. The third kappa shape index (κ3) is 2.40. The maximum Gasteiger partial charge on any atom is 0.277 e. The number of aromatic amines is 1. The van der Waals surface area contributed by atoms with Crippen molar-refractivity contribution in [2.75, 3.05) is 35.8 Å². The molecular weight excluding hydrogens is 290 g/mol. The number of nitrogen functional groups attached to an aromatic ring is 1. The number of hydrogen-bond acceptors (Lipinski definition) is 8. The Morgan fingerprint density at radius 2 is 1.95 bits per heavy atom. The monoisotopic (exact) mass is 311 g/mol. The number of aliphatic hydroxyl groups is 3. The molecule has 9 heteroatoms. The minimum absolute atomic E-state index is 0.0229. The number of hydrogen-bond donors (Lipinski definition) is 6. The molecule has 1 fully saturated rings. The van der Waals surface area contributed by atoms with Gasteiger partial charge in [-0.15, -0.1) is 0 Å². The van der Waals surface area contributed by atoms with E-state index < -0.39 is 6.10 Å². The van der Waals surface area contributed by atoms with Crippen molar-refractivity contribution >= 4 is 17.5 Å². The molecule has 0 amide bonds. The van der Waals surface area contributed by atoms with Gasteiger partial charge in [0.1, 0.15) is 5.69 Å². The van der Waals surface area contributed by atoms with E-state index >= 15 is 0 Å². The molecule has 1 aromatic heterocycles. The first-order chi connectivity index (χ1) is 10.5. The van der Waals surface area contributed by atoms with Gasteiger partial charge in [-0.25, -0.2) is 0 Å². The fourth-order valence-electron chi connectivity index (χ4n) is 3.46. The van der Waals surface area contributed by atoms with Crippen LogP contribution in [0.2, 0.25) is 0 Å². The molecule has 1 aliphatic heterocycles. The lowest BCUT2D eigenvalue weighted by atomic mass is 9.75. The zero-order valence-electron chi connectivity index (χ0n) is 12.1. The molecule has 4 unspecified atom stereocenters. The van der Waals surface area contributed by atoms with E-state index in [4.69, 9.17) is 5.73 Å². The molecule has 1 saturated carbocycles. The van der Waals surface area contributed by atoms with E-state index in [2.05, 4.69) is 15.3 Å². The minimum atomic E-state index is -0.671. The van der Waals surface area contributed by atoms with Gasteiger partial charge in [0.25, 0.3) is 5.56 Å². The van der Waals surface area contributed by atoms with Crippen molar-refractivity contribution in [3.63, 3.8) is 0 Å². The lowest BCUT2D eigenvalue weighted by Crippen LogP contribution is -2.51. The summed E-state index contributed by atoms with van der Waals surface area (Å²) >= 11 is 0. The van der Waals surface area contributed by atoms with Crippen LogP contribution in [0.1, 0.15) is 12.8 Å². The maximum atomic E-state index is 11.9. The van der Waals surface area contributed by atoms with Crippen LogP contribution in [0.5, 0.6) is 0 Å². The highest BCUT2D eigenvalue weighted by Gasteiger charge is 2.41. The highest BCUT2D eigenvalue weighted by molar-refractivity contribution is 5.71. The van der Waals surface area contributed by atoms with Crippen LogP contribution in [0.15, 0.2) is 4.79 Å². The van der Waals surface area contributed by atoms with Gasteiger partial charge >= 0.3 is 0 Å². The van der Waals surface area contributed by atoms with Gasteiger partial charge in [-0.05, 0) is 24.7 Å². The van der Waals surface area contributed by atoms with Crippen LogP contribution in [0.4, 0.5) is 17.5 Å². The Bertz CT molecular complexity index is 607. The molecule has 122 valence electrons. The number of aromatic nitrogens is 2. The maximum absolute atomic E-state index is 11.9. The van der Waals surface area contributed by atoms with Crippen LogP contribution in [-0.4, -0.2) is 57.3 Å². The Labute approximate surface area is 126 Å². The molecule has 1 aromatic rings. The normalized spacial score (nSPS) is 31.0. The van der Waals surface area contributed by atoms with Crippen LogP contribution in [-0.2, 0) is 0 Å². The van der Waals surface area contributed by atoms with Crippen molar-refractivity contribution in [2.24, 2.45) is 11.8 Å². The van der Waals surface area contributed by atoms with Crippen LogP contribution < -0.4 is 21.5 Å². The van der Waals surface area contributed by atoms with E-state index in [0.29, 0.717) is 31.0 Å². The summed E-state index contributed by atoms with van der Waals surface area (Å²) < 4.78 is 0. The van der Waals surface area contributed by atoms with Crippen molar-refractivity contribution in [3.05, 3.63) is 10.4 Å². The zero-order valence-corrected chi connectivity index (χ0v) is 12.1. The molecule has 0 spiro atoms. The molecule has 2 heterocycles. The first kappa shape index (κ1) is 15.1.